The predicted molar refractivity (Wildman–Crippen MR) is 106 cm³/mol. The first-order valence-electron chi connectivity index (χ1n) is 9.20. The molecule has 7 heteroatoms. The molecule has 0 saturated carbocycles. The molecule has 1 saturated heterocycles. The van der Waals surface area contributed by atoms with Gasteiger partial charge < -0.3 is 15.1 Å². The van der Waals surface area contributed by atoms with Gasteiger partial charge in [-0.1, -0.05) is 13.8 Å². The van der Waals surface area contributed by atoms with Gasteiger partial charge in [0.25, 0.3) is 0 Å². The van der Waals surface area contributed by atoms with Gasteiger partial charge in [0, 0.05) is 46.7 Å². The highest BCUT2D eigenvalue weighted by atomic mass is 16.2. The van der Waals surface area contributed by atoms with Crippen molar-refractivity contribution >= 4 is 28.3 Å². The van der Waals surface area contributed by atoms with E-state index < -0.39 is 0 Å². The van der Waals surface area contributed by atoms with Crippen molar-refractivity contribution in [1.29, 1.82) is 0 Å². The Bertz CT molecular complexity index is 872. The maximum absolute atomic E-state index is 12.4. The van der Waals surface area contributed by atoms with E-state index in [0.717, 1.165) is 48.6 Å². The van der Waals surface area contributed by atoms with Gasteiger partial charge in [0.15, 0.2) is 0 Å². The lowest BCUT2D eigenvalue weighted by Gasteiger charge is -2.35. The summed E-state index contributed by atoms with van der Waals surface area (Å²) in [6.07, 6.45) is 0.480. The van der Waals surface area contributed by atoms with Crippen molar-refractivity contribution in [1.82, 2.24) is 14.0 Å². The summed E-state index contributed by atoms with van der Waals surface area (Å²) >= 11 is 0. The third kappa shape index (κ3) is 3.49. The third-order valence-electron chi connectivity index (χ3n) is 5.10. The normalized spacial score (nSPS) is 15.8. The molecule has 1 aromatic carbocycles. The monoisotopic (exact) mass is 359 g/mol. The van der Waals surface area contributed by atoms with Crippen LogP contribution in [-0.4, -0.2) is 53.2 Å². The number of hydrogen-bond donors (Lipinski definition) is 1. The molecule has 1 aromatic heterocycles. The van der Waals surface area contributed by atoms with Crippen LogP contribution < -0.4 is 15.9 Å². The minimum atomic E-state index is -0.0602. The molecular weight excluding hydrogens is 330 g/mol. The second kappa shape index (κ2) is 7.15. The van der Waals surface area contributed by atoms with Crippen LogP contribution in [-0.2, 0) is 18.9 Å². The molecule has 142 valence electrons. The predicted octanol–water partition coefficient (Wildman–Crippen LogP) is 1.61. The zero-order valence-electron chi connectivity index (χ0n) is 16.4. The number of piperazine rings is 1. The number of benzene rings is 1. The van der Waals surface area contributed by atoms with Crippen LogP contribution >= 0.6 is 0 Å². The molecule has 26 heavy (non-hydrogen) atoms. The number of anilines is 2. The number of aryl methyl sites for hydroxylation is 2. The van der Waals surface area contributed by atoms with Crippen molar-refractivity contribution in [3.63, 3.8) is 0 Å². The average Bonchev–Trinajstić information content (AvgIpc) is 2.78. The Labute approximate surface area is 154 Å². The van der Waals surface area contributed by atoms with Crippen molar-refractivity contribution in [2.45, 2.75) is 20.3 Å². The molecule has 1 fully saturated rings. The fourth-order valence-electron chi connectivity index (χ4n) is 3.52. The van der Waals surface area contributed by atoms with E-state index in [1.165, 1.54) is 0 Å². The number of fused-ring (bicyclic) bond motifs is 1. The maximum Gasteiger partial charge on any atom is 0.328 e. The summed E-state index contributed by atoms with van der Waals surface area (Å²) in [4.78, 5) is 29.3. The molecule has 1 aliphatic heterocycles. The number of amides is 1. The van der Waals surface area contributed by atoms with Gasteiger partial charge in [-0.2, -0.15) is 0 Å². The van der Waals surface area contributed by atoms with E-state index in [2.05, 4.69) is 22.2 Å². The average molecular weight is 359 g/mol. The summed E-state index contributed by atoms with van der Waals surface area (Å²) in [5.41, 5.74) is 3.43. The molecule has 0 atom stereocenters. The number of imidazole rings is 1. The van der Waals surface area contributed by atoms with Crippen LogP contribution in [0.15, 0.2) is 16.9 Å². The SMILES string of the molecule is CC(C)CC(=O)Nc1cc2c(cc1N1CCN(C)CC1)n(C)c(=O)n2C. The number of likely N-dealkylation sites (N-methyl/N-ethyl adjacent to an activating group) is 1. The minimum Gasteiger partial charge on any atom is -0.367 e. The first kappa shape index (κ1) is 18.5. The third-order valence-corrected chi connectivity index (χ3v) is 5.10. The Morgan fingerprint density at radius 1 is 1.04 bits per heavy atom. The smallest absolute Gasteiger partial charge is 0.328 e. The summed E-state index contributed by atoms with van der Waals surface area (Å²) in [5.74, 6) is 0.308. The molecule has 1 aliphatic rings. The number of carbonyl (C=O) groups excluding carboxylic acids is 1. The molecule has 1 amide bonds. The molecule has 0 radical (unpaired) electrons. The number of nitrogens with one attached hydrogen (secondary N) is 1. The maximum atomic E-state index is 12.4. The fraction of sp³-hybridized carbons (Fsp3) is 0.579. The van der Waals surface area contributed by atoms with Crippen LogP contribution in [0.1, 0.15) is 20.3 Å². The van der Waals surface area contributed by atoms with Gasteiger partial charge in [0.1, 0.15) is 0 Å². The highest BCUT2D eigenvalue weighted by Crippen LogP contribution is 2.32. The van der Waals surface area contributed by atoms with E-state index in [1.807, 2.05) is 26.0 Å². The lowest BCUT2D eigenvalue weighted by molar-refractivity contribution is -0.116. The molecule has 7 nitrogen and oxygen atoms in total. The van der Waals surface area contributed by atoms with E-state index in [0.29, 0.717) is 12.3 Å². The summed E-state index contributed by atoms with van der Waals surface area (Å²) in [6.45, 7) is 7.82. The molecule has 0 aliphatic carbocycles. The number of rotatable bonds is 4. The largest absolute Gasteiger partial charge is 0.367 e. The van der Waals surface area contributed by atoms with Gasteiger partial charge in [-0.3, -0.25) is 13.9 Å². The first-order valence-corrected chi connectivity index (χ1v) is 9.20. The Hall–Kier alpha value is -2.28. The lowest BCUT2D eigenvalue weighted by atomic mass is 10.1. The van der Waals surface area contributed by atoms with Crippen LogP contribution in [0, 0.1) is 5.92 Å². The van der Waals surface area contributed by atoms with E-state index in [1.54, 1.807) is 23.2 Å². The first-order chi connectivity index (χ1) is 12.3. The Morgan fingerprint density at radius 3 is 2.19 bits per heavy atom. The van der Waals surface area contributed by atoms with Gasteiger partial charge >= 0.3 is 5.69 Å². The zero-order valence-corrected chi connectivity index (χ0v) is 16.4. The van der Waals surface area contributed by atoms with Gasteiger partial charge in [-0.25, -0.2) is 4.79 Å². The van der Waals surface area contributed by atoms with E-state index in [-0.39, 0.29) is 11.6 Å². The van der Waals surface area contributed by atoms with Crippen molar-refractivity contribution in [2.24, 2.45) is 20.0 Å². The molecule has 2 aromatic rings. The number of hydrogen-bond acceptors (Lipinski definition) is 4. The van der Waals surface area contributed by atoms with Crippen molar-refractivity contribution in [2.75, 3.05) is 43.4 Å². The van der Waals surface area contributed by atoms with E-state index in [9.17, 15) is 9.59 Å². The number of nitrogens with zero attached hydrogens (tertiary/aromatic N) is 4. The van der Waals surface area contributed by atoms with Crippen LogP contribution in [0.2, 0.25) is 0 Å². The molecule has 0 spiro atoms. The van der Waals surface area contributed by atoms with Crippen LogP contribution in [0.5, 0.6) is 0 Å². The Balaban J connectivity index is 2.06. The van der Waals surface area contributed by atoms with Crippen molar-refractivity contribution in [3.05, 3.63) is 22.6 Å². The summed E-state index contributed by atoms with van der Waals surface area (Å²) in [6, 6.07) is 3.97. The van der Waals surface area contributed by atoms with Gasteiger partial charge in [0.05, 0.1) is 22.4 Å². The van der Waals surface area contributed by atoms with Gasteiger partial charge in [-0.15, -0.1) is 0 Å². The number of aromatic nitrogens is 2. The van der Waals surface area contributed by atoms with Crippen LogP contribution in [0.4, 0.5) is 11.4 Å². The van der Waals surface area contributed by atoms with Gasteiger partial charge in [0.2, 0.25) is 5.91 Å². The summed E-state index contributed by atoms with van der Waals surface area (Å²) in [7, 11) is 5.67. The van der Waals surface area contributed by atoms with Crippen LogP contribution in [0.3, 0.4) is 0 Å². The standard InChI is InChI=1S/C19H29N5O2/c1-13(2)10-18(25)20-14-11-16-17(23(5)19(26)22(16)4)12-15(14)24-8-6-21(3)7-9-24/h11-13H,6-10H2,1-5H3,(H,20,25). The fourth-order valence-corrected chi connectivity index (χ4v) is 3.52. The molecular formula is C19H29N5O2. The highest BCUT2D eigenvalue weighted by Gasteiger charge is 2.21. The topological polar surface area (TPSA) is 62.5 Å². The Morgan fingerprint density at radius 2 is 1.62 bits per heavy atom. The van der Waals surface area contributed by atoms with E-state index in [4.69, 9.17) is 0 Å². The zero-order chi connectivity index (χ0) is 19.0. The summed E-state index contributed by atoms with van der Waals surface area (Å²) in [5, 5.41) is 3.08. The van der Waals surface area contributed by atoms with Gasteiger partial charge in [-0.05, 0) is 25.1 Å². The second-order valence-electron chi connectivity index (χ2n) is 7.70. The summed E-state index contributed by atoms with van der Waals surface area (Å²) < 4.78 is 3.29. The van der Waals surface area contributed by atoms with Crippen molar-refractivity contribution < 1.29 is 4.79 Å². The Kier molecular flexibility index (Phi) is 5.09. The molecule has 2 heterocycles. The molecule has 3 rings (SSSR count). The number of carbonyl (C=O) groups is 1. The minimum absolute atomic E-state index is 0.00987. The second-order valence-corrected chi connectivity index (χ2v) is 7.70. The van der Waals surface area contributed by atoms with Crippen molar-refractivity contribution in [3.8, 4) is 0 Å². The molecule has 0 unspecified atom stereocenters. The highest BCUT2D eigenvalue weighted by molar-refractivity contribution is 5.98. The van der Waals surface area contributed by atoms with E-state index >= 15 is 0 Å². The lowest BCUT2D eigenvalue weighted by Crippen LogP contribution is -2.44. The van der Waals surface area contributed by atoms with Crippen LogP contribution in [0.25, 0.3) is 11.0 Å². The molecule has 1 N–H and O–H groups in total. The molecule has 0 bridgehead atoms. The quantitative estimate of drug-likeness (QED) is 0.901.